The fraction of sp³-hybridized carbons (Fsp3) is 0.300. The summed E-state index contributed by atoms with van der Waals surface area (Å²) in [4.78, 5) is 21.0. The number of benzene rings is 1. The van der Waals surface area contributed by atoms with Crippen LogP contribution in [0.3, 0.4) is 0 Å². The molecule has 0 spiro atoms. The first kappa shape index (κ1) is 18.0. The molecule has 8 nitrogen and oxygen atoms in total. The fourth-order valence-electron chi connectivity index (χ4n) is 3.04. The molecule has 1 aliphatic rings. The molecule has 1 aliphatic heterocycles. The number of nitrogens with zero attached hydrogens (tertiary/aromatic N) is 4. The van der Waals surface area contributed by atoms with Crippen LogP contribution in [0.25, 0.3) is 22.8 Å². The van der Waals surface area contributed by atoms with Gasteiger partial charge in [0.1, 0.15) is 11.4 Å². The Kier molecular flexibility index (Phi) is 4.92. The van der Waals surface area contributed by atoms with Crippen LogP contribution >= 0.6 is 0 Å². The molecule has 2 aromatic heterocycles. The van der Waals surface area contributed by atoms with E-state index in [0.29, 0.717) is 54.1 Å². The Bertz CT molecular complexity index is 1010. The normalized spacial score (nSPS) is 13.0. The van der Waals surface area contributed by atoms with Crippen molar-refractivity contribution in [3.05, 3.63) is 42.2 Å². The Morgan fingerprint density at radius 3 is 2.86 bits per heavy atom. The molecule has 3 heterocycles. The van der Waals surface area contributed by atoms with Crippen molar-refractivity contribution < 1.29 is 14.3 Å². The number of hydrogen-bond acceptors (Lipinski definition) is 6. The molecule has 0 aliphatic carbocycles. The summed E-state index contributed by atoms with van der Waals surface area (Å²) >= 11 is 0. The first-order chi connectivity index (χ1) is 13.7. The fourth-order valence-corrected chi connectivity index (χ4v) is 3.04. The molecule has 0 atom stereocenters. The van der Waals surface area contributed by atoms with E-state index in [9.17, 15) is 4.79 Å². The molecule has 28 heavy (non-hydrogen) atoms. The molecular weight excluding hydrogens is 358 g/mol. The average molecular weight is 379 g/mol. The lowest BCUT2D eigenvalue weighted by molar-refractivity contribution is 0.0924. The Hall–Kier alpha value is -3.42. The van der Waals surface area contributed by atoms with Gasteiger partial charge >= 0.3 is 0 Å². The van der Waals surface area contributed by atoms with E-state index in [1.807, 2.05) is 18.2 Å². The second-order valence-electron chi connectivity index (χ2n) is 6.37. The van der Waals surface area contributed by atoms with Crippen LogP contribution in [0.15, 0.2) is 36.5 Å². The predicted molar refractivity (Wildman–Crippen MR) is 103 cm³/mol. The van der Waals surface area contributed by atoms with Gasteiger partial charge in [-0.2, -0.15) is 5.10 Å². The molecule has 1 aromatic carbocycles. The summed E-state index contributed by atoms with van der Waals surface area (Å²) in [5.74, 6) is 1.76. The number of amides is 1. The Balaban J connectivity index is 1.67. The highest BCUT2D eigenvalue weighted by molar-refractivity contribution is 5.94. The smallest absolute Gasteiger partial charge is 0.269 e. The molecule has 1 amide bonds. The molecule has 0 bridgehead atoms. The highest BCUT2D eigenvalue weighted by atomic mass is 16.5. The summed E-state index contributed by atoms with van der Waals surface area (Å²) in [5.41, 5.74) is 2.65. The number of carbonyl (C=O) groups excluding carboxylic acids is 1. The van der Waals surface area contributed by atoms with Crippen molar-refractivity contribution in [3.8, 4) is 34.3 Å². The third kappa shape index (κ3) is 3.40. The van der Waals surface area contributed by atoms with E-state index in [2.05, 4.69) is 27.3 Å². The first-order valence-corrected chi connectivity index (χ1v) is 9.20. The van der Waals surface area contributed by atoms with E-state index in [1.54, 1.807) is 30.1 Å². The lowest BCUT2D eigenvalue weighted by Gasteiger charge is -2.13. The van der Waals surface area contributed by atoms with Crippen LogP contribution in [-0.4, -0.2) is 45.9 Å². The summed E-state index contributed by atoms with van der Waals surface area (Å²) < 4.78 is 12.9. The van der Waals surface area contributed by atoms with Crippen LogP contribution in [0.1, 0.15) is 23.8 Å². The highest BCUT2D eigenvalue weighted by Crippen LogP contribution is 2.32. The second kappa shape index (κ2) is 7.67. The standard InChI is InChI=1S/C20H21N5O3/c1-3-10-28-17-5-4-13(11-18(17)27-2)19-21-7-6-14(23-19)15-12-16-20(26)22-8-9-25(16)24-15/h4-7,11-12H,3,8-10H2,1-2H3,(H,22,26). The number of nitrogens with one attached hydrogen (secondary N) is 1. The van der Waals surface area contributed by atoms with Gasteiger partial charge in [-0.25, -0.2) is 9.97 Å². The summed E-state index contributed by atoms with van der Waals surface area (Å²) in [7, 11) is 1.61. The summed E-state index contributed by atoms with van der Waals surface area (Å²) in [6.45, 7) is 3.90. The predicted octanol–water partition coefficient (Wildman–Crippen LogP) is 2.55. The molecule has 0 saturated heterocycles. The van der Waals surface area contributed by atoms with Crippen LogP contribution in [0.4, 0.5) is 0 Å². The first-order valence-electron chi connectivity index (χ1n) is 9.20. The third-order valence-electron chi connectivity index (χ3n) is 4.42. The van der Waals surface area contributed by atoms with Crippen LogP contribution in [-0.2, 0) is 6.54 Å². The highest BCUT2D eigenvalue weighted by Gasteiger charge is 2.20. The number of carbonyl (C=O) groups is 1. The zero-order valence-electron chi connectivity index (χ0n) is 15.8. The lowest BCUT2D eigenvalue weighted by Crippen LogP contribution is -2.35. The van der Waals surface area contributed by atoms with Gasteiger partial charge in [0.15, 0.2) is 17.3 Å². The zero-order valence-corrected chi connectivity index (χ0v) is 15.8. The molecule has 8 heteroatoms. The Morgan fingerprint density at radius 1 is 1.18 bits per heavy atom. The molecule has 1 N–H and O–H groups in total. The molecule has 3 aromatic rings. The van der Waals surface area contributed by atoms with E-state index in [1.165, 1.54) is 0 Å². The van der Waals surface area contributed by atoms with Gasteiger partial charge in [0.2, 0.25) is 0 Å². The zero-order chi connectivity index (χ0) is 19.5. The summed E-state index contributed by atoms with van der Waals surface area (Å²) in [6.07, 6.45) is 2.60. The van der Waals surface area contributed by atoms with Crippen LogP contribution < -0.4 is 14.8 Å². The summed E-state index contributed by atoms with van der Waals surface area (Å²) in [5, 5.41) is 7.32. The van der Waals surface area contributed by atoms with E-state index in [0.717, 1.165) is 12.0 Å². The quantitative estimate of drug-likeness (QED) is 0.708. The molecule has 0 unspecified atom stereocenters. The third-order valence-corrected chi connectivity index (χ3v) is 4.42. The maximum absolute atomic E-state index is 12.0. The SMILES string of the molecule is CCCOc1ccc(-c2nccc(-c3cc4n(n3)CCNC4=O)n2)cc1OC. The minimum absolute atomic E-state index is 0.119. The van der Waals surface area contributed by atoms with Crippen molar-refractivity contribution in [3.63, 3.8) is 0 Å². The van der Waals surface area contributed by atoms with Crippen molar-refractivity contribution in [2.45, 2.75) is 19.9 Å². The molecule has 144 valence electrons. The van der Waals surface area contributed by atoms with Gasteiger partial charge in [0, 0.05) is 18.3 Å². The van der Waals surface area contributed by atoms with Gasteiger partial charge < -0.3 is 14.8 Å². The van der Waals surface area contributed by atoms with Crippen molar-refractivity contribution in [1.82, 2.24) is 25.1 Å². The van der Waals surface area contributed by atoms with Gasteiger partial charge in [-0.3, -0.25) is 9.48 Å². The van der Waals surface area contributed by atoms with Crippen molar-refractivity contribution in [2.24, 2.45) is 0 Å². The average Bonchev–Trinajstić information content (AvgIpc) is 3.18. The number of fused-ring (bicyclic) bond motifs is 1. The number of hydrogen-bond donors (Lipinski definition) is 1. The number of rotatable bonds is 6. The van der Waals surface area contributed by atoms with Crippen molar-refractivity contribution in [1.29, 1.82) is 0 Å². The number of methoxy groups -OCH3 is 1. The monoisotopic (exact) mass is 379 g/mol. The summed E-state index contributed by atoms with van der Waals surface area (Å²) in [6, 6.07) is 9.15. The minimum Gasteiger partial charge on any atom is -0.493 e. The maximum atomic E-state index is 12.0. The minimum atomic E-state index is -0.119. The molecule has 0 saturated carbocycles. The van der Waals surface area contributed by atoms with Crippen LogP contribution in [0, 0.1) is 0 Å². The van der Waals surface area contributed by atoms with Gasteiger partial charge in [0.25, 0.3) is 5.91 Å². The molecule has 0 fully saturated rings. The van der Waals surface area contributed by atoms with Crippen molar-refractivity contribution >= 4 is 5.91 Å². The van der Waals surface area contributed by atoms with Gasteiger partial charge in [-0.05, 0) is 36.8 Å². The van der Waals surface area contributed by atoms with E-state index >= 15 is 0 Å². The van der Waals surface area contributed by atoms with E-state index in [-0.39, 0.29) is 5.91 Å². The van der Waals surface area contributed by atoms with Gasteiger partial charge in [-0.1, -0.05) is 6.92 Å². The van der Waals surface area contributed by atoms with Crippen LogP contribution in [0.5, 0.6) is 11.5 Å². The molecular formula is C20H21N5O3. The largest absolute Gasteiger partial charge is 0.493 e. The van der Waals surface area contributed by atoms with Crippen LogP contribution in [0.2, 0.25) is 0 Å². The van der Waals surface area contributed by atoms with Gasteiger partial charge in [-0.15, -0.1) is 0 Å². The van der Waals surface area contributed by atoms with Crippen molar-refractivity contribution in [2.75, 3.05) is 20.3 Å². The second-order valence-corrected chi connectivity index (χ2v) is 6.37. The van der Waals surface area contributed by atoms with E-state index < -0.39 is 0 Å². The van der Waals surface area contributed by atoms with E-state index in [4.69, 9.17) is 9.47 Å². The lowest BCUT2D eigenvalue weighted by atomic mass is 10.1. The number of ether oxygens (including phenoxy) is 2. The molecule has 0 radical (unpaired) electrons. The maximum Gasteiger partial charge on any atom is 0.269 e. The Morgan fingerprint density at radius 2 is 2.07 bits per heavy atom. The molecule has 4 rings (SSSR count). The topological polar surface area (TPSA) is 91.2 Å². The number of aromatic nitrogens is 4. The Labute approximate surface area is 162 Å². The van der Waals surface area contributed by atoms with Gasteiger partial charge in [0.05, 0.1) is 26.0 Å².